The Kier molecular flexibility index (Phi) is 6.17. The number of carbonyl (C=O) groups excluding carboxylic acids is 1. The Bertz CT molecular complexity index is 815. The summed E-state index contributed by atoms with van der Waals surface area (Å²) in [7, 11) is -2.30. The Morgan fingerprint density at radius 3 is 2.20 bits per heavy atom. The largest absolute Gasteiger partial charge is 0.497 e. The molecule has 0 heterocycles. The Labute approximate surface area is 148 Å². The van der Waals surface area contributed by atoms with Gasteiger partial charge >= 0.3 is 0 Å². The van der Waals surface area contributed by atoms with E-state index in [-0.39, 0.29) is 4.90 Å². The van der Waals surface area contributed by atoms with Crippen LogP contribution >= 0.6 is 0 Å². The summed E-state index contributed by atoms with van der Waals surface area (Å²) in [5.74, 6) is 0.126. The van der Waals surface area contributed by atoms with E-state index < -0.39 is 22.0 Å². The predicted molar refractivity (Wildman–Crippen MR) is 97.2 cm³/mol. The van der Waals surface area contributed by atoms with Crippen LogP contribution in [-0.2, 0) is 21.2 Å². The van der Waals surface area contributed by atoms with Gasteiger partial charge in [0, 0.05) is 5.69 Å². The van der Waals surface area contributed by atoms with Crippen molar-refractivity contribution >= 4 is 21.6 Å². The van der Waals surface area contributed by atoms with Crippen LogP contribution in [0.1, 0.15) is 19.4 Å². The number of ether oxygens (including phenoxy) is 1. The molecule has 2 N–H and O–H groups in total. The zero-order valence-corrected chi connectivity index (χ0v) is 15.3. The van der Waals surface area contributed by atoms with Gasteiger partial charge in [0.25, 0.3) is 0 Å². The number of anilines is 1. The van der Waals surface area contributed by atoms with Gasteiger partial charge in [-0.3, -0.25) is 4.79 Å². The average molecular weight is 362 g/mol. The SMILES string of the molecule is CCc1ccc(NC(=O)C(C)NS(=O)(=O)c2ccc(OC)cc2)cc1. The van der Waals surface area contributed by atoms with Crippen LogP contribution in [0.15, 0.2) is 53.4 Å². The molecule has 2 aromatic rings. The molecule has 0 saturated heterocycles. The molecule has 1 amide bonds. The van der Waals surface area contributed by atoms with Crippen molar-refractivity contribution in [3.8, 4) is 5.75 Å². The summed E-state index contributed by atoms with van der Waals surface area (Å²) >= 11 is 0. The molecule has 0 bridgehead atoms. The molecule has 2 rings (SSSR count). The first kappa shape index (κ1) is 19.0. The van der Waals surface area contributed by atoms with Gasteiger partial charge in [-0.1, -0.05) is 19.1 Å². The van der Waals surface area contributed by atoms with E-state index in [1.54, 1.807) is 24.3 Å². The van der Waals surface area contributed by atoms with Crippen LogP contribution in [0.3, 0.4) is 0 Å². The molecule has 0 aliphatic rings. The highest BCUT2D eigenvalue weighted by Gasteiger charge is 2.22. The van der Waals surface area contributed by atoms with Crippen LogP contribution in [0.2, 0.25) is 0 Å². The number of hydrogen-bond donors (Lipinski definition) is 2. The van der Waals surface area contributed by atoms with Crippen molar-refractivity contribution in [2.45, 2.75) is 31.2 Å². The highest BCUT2D eigenvalue weighted by molar-refractivity contribution is 7.89. The van der Waals surface area contributed by atoms with Crippen molar-refractivity contribution in [2.24, 2.45) is 0 Å². The second-order valence-electron chi connectivity index (χ2n) is 5.56. The molecule has 0 aliphatic heterocycles. The molecule has 25 heavy (non-hydrogen) atoms. The predicted octanol–water partition coefficient (Wildman–Crippen LogP) is 2.56. The van der Waals surface area contributed by atoms with Gasteiger partial charge in [0.05, 0.1) is 18.0 Å². The second-order valence-corrected chi connectivity index (χ2v) is 7.27. The maximum Gasteiger partial charge on any atom is 0.242 e. The average Bonchev–Trinajstić information content (AvgIpc) is 2.62. The number of amides is 1. The minimum atomic E-state index is -3.80. The van der Waals surface area contributed by atoms with E-state index in [2.05, 4.69) is 10.0 Å². The first-order valence-corrected chi connectivity index (χ1v) is 9.40. The van der Waals surface area contributed by atoms with E-state index in [0.717, 1.165) is 12.0 Å². The summed E-state index contributed by atoms with van der Waals surface area (Å²) < 4.78 is 32.1. The fraction of sp³-hybridized carbons (Fsp3) is 0.278. The third kappa shape index (κ3) is 5.04. The first-order chi connectivity index (χ1) is 11.9. The summed E-state index contributed by atoms with van der Waals surface area (Å²) in [6, 6.07) is 12.5. The second kappa shape index (κ2) is 8.13. The third-order valence-electron chi connectivity index (χ3n) is 3.72. The number of carbonyl (C=O) groups is 1. The summed E-state index contributed by atoms with van der Waals surface area (Å²) in [4.78, 5) is 12.3. The molecule has 1 unspecified atom stereocenters. The molecule has 0 aliphatic carbocycles. The number of hydrogen-bond acceptors (Lipinski definition) is 4. The van der Waals surface area contributed by atoms with E-state index in [9.17, 15) is 13.2 Å². The highest BCUT2D eigenvalue weighted by atomic mass is 32.2. The molecule has 0 saturated carbocycles. The Morgan fingerprint density at radius 2 is 1.68 bits per heavy atom. The van der Waals surface area contributed by atoms with E-state index in [1.165, 1.54) is 26.2 Å². The minimum Gasteiger partial charge on any atom is -0.497 e. The number of aryl methyl sites for hydroxylation is 1. The van der Waals surface area contributed by atoms with Gasteiger partial charge < -0.3 is 10.1 Å². The first-order valence-electron chi connectivity index (χ1n) is 7.92. The van der Waals surface area contributed by atoms with E-state index in [1.807, 2.05) is 19.1 Å². The Balaban J connectivity index is 2.03. The monoisotopic (exact) mass is 362 g/mol. The lowest BCUT2D eigenvalue weighted by Gasteiger charge is -2.15. The van der Waals surface area contributed by atoms with Crippen molar-refractivity contribution in [3.05, 3.63) is 54.1 Å². The van der Waals surface area contributed by atoms with E-state index >= 15 is 0 Å². The molecule has 1 atom stereocenters. The van der Waals surface area contributed by atoms with Crippen LogP contribution in [0.25, 0.3) is 0 Å². The minimum absolute atomic E-state index is 0.0697. The van der Waals surface area contributed by atoms with Crippen LogP contribution < -0.4 is 14.8 Å². The maximum absolute atomic E-state index is 12.4. The van der Waals surface area contributed by atoms with Crippen molar-refractivity contribution in [1.29, 1.82) is 0 Å². The van der Waals surface area contributed by atoms with Gasteiger partial charge in [-0.15, -0.1) is 0 Å². The van der Waals surface area contributed by atoms with Crippen molar-refractivity contribution in [1.82, 2.24) is 4.72 Å². The number of nitrogens with one attached hydrogen (secondary N) is 2. The van der Waals surface area contributed by atoms with Crippen LogP contribution in [0.5, 0.6) is 5.75 Å². The van der Waals surface area contributed by atoms with Gasteiger partial charge in [-0.25, -0.2) is 8.42 Å². The highest BCUT2D eigenvalue weighted by Crippen LogP contribution is 2.16. The normalized spacial score (nSPS) is 12.4. The third-order valence-corrected chi connectivity index (χ3v) is 5.28. The molecule has 0 fully saturated rings. The van der Waals surface area contributed by atoms with Gasteiger partial charge in [-0.2, -0.15) is 4.72 Å². The molecular formula is C18H22N2O4S. The van der Waals surface area contributed by atoms with Gasteiger partial charge in [0.1, 0.15) is 5.75 Å². The standard InChI is InChI=1S/C18H22N2O4S/c1-4-14-5-7-15(8-6-14)19-18(21)13(2)20-25(22,23)17-11-9-16(24-3)10-12-17/h5-13,20H,4H2,1-3H3,(H,19,21). The maximum atomic E-state index is 12.4. The lowest BCUT2D eigenvalue weighted by Crippen LogP contribution is -2.41. The van der Waals surface area contributed by atoms with Gasteiger partial charge in [-0.05, 0) is 55.3 Å². The summed E-state index contributed by atoms with van der Waals surface area (Å²) in [5, 5.41) is 2.70. The number of sulfonamides is 1. The number of methoxy groups -OCH3 is 1. The number of benzene rings is 2. The lowest BCUT2D eigenvalue weighted by molar-refractivity contribution is -0.117. The fourth-order valence-corrected chi connectivity index (χ4v) is 3.39. The Hall–Kier alpha value is -2.38. The van der Waals surface area contributed by atoms with Gasteiger partial charge in [0.15, 0.2) is 0 Å². The van der Waals surface area contributed by atoms with Crippen molar-refractivity contribution < 1.29 is 17.9 Å². The van der Waals surface area contributed by atoms with E-state index in [4.69, 9.17) is 4.74 Å². The van der Waals surface area contributed by atoms with Gasteiger partial charge in [0.2, 0.25) is 15.9 Å². The smallest absolute Gasteiger partial charge is 0.242 e. The fourth-order valence-electron chi connectivity index (χ4n) is 2.18. The molecule has 2 aromatic carbocycles. The molecule has 7 heteroatoms. The van der Waals surface area contributed by atoms with Crippen LogP contribution in [0.4, 0.5) is 5.69 Å². The van der Waals surface area contributed by atoms with E-state index in [0.29, 0.717) is 11.4 Å². The lowest BCUT2D eigenvalue weighted by atomic mass is 10.1. The summed E-state index contributed by atoms with van der Waals surface area (Å²) in [5.41, 5.74) is 1.78. The number of rotatable bonds is 7. The zero-order valence-electron chi connectivity index (χ0n) is 14.4. The molecule has 0 spiro atoms. The zero-order chi connectivity index (χ0) is 18.4. The molecule has 0 aromatic heterocycles. The molecule has 6 nitrogen and oxygen atoms in total. The quantitative estimate of drug-likeness (QED) is 0.793. The molecular weight excluding hydrogens is 340 g/mol. The van der Waals surface area contributed by atoms with Crippen LogP contribution in [0, 0.1) is 0 Å². The summed E-state index contributed by atoms with van der Waals surface area (Å²) in [6.45, 7) is 3.54. The molecule has 0 radical (unpaired) electrons. The van der Waals surface area contributed by atoms with Crippen LogP contribution in [-0.4, -0.2) is 27.5 Å². The molecule has 134 valence electrons. The topological polar surface area (TPSA) is 84.5 Å². The van der Waals surface area contributed by atoms with Crippen molar-refractivity contribution in [3.63, 3.8) is 0 Å². The Morgan fingerprint density at radius 1 is 1.08 bits per heavy atom. The summed E-state index contributed by atoms with van der Waals surface area (Å²) in [6.07, 6.45) is 0.909. The van der Waals surface area contributed by atoms with Crippen molar-refractivity contribution in [2.75, 3.05) is 12.4 Å².